The first-order valence-electron chi connectivity index (χ1n) is 3.70. The Morgan fingerprint density at radius 2 is 2.10 bits per heavy atom. The van der Waals surface area contributed by atoms with Gasteiger partial charge in [-0.2, -0.15) is 0 Å². The first-order chi connectivity index (χ1) is 4.31. The van der Waals surface area contributed by atoms with Crippen LogP contribution in [-0.4, -0.2) is 24.3 Å². The highest BCUT2D eigenvalue weighted by Crippen LogP contribution is 2.45. The monoisotopic (exact) mass is 143 g/mol. The number of aliphatic hydroxyl groups excluding tert-OH is 1. The minimum atomic E-state index is 0. The van der Waals surface area contributed by atoms with E-state index in [1.165, 1.54) is 6.42 Å². The van der Waals surface area contributed by atoms with Gasteiger partial charge in [0.15, 0.2) is 0 Å². The Morgan fingerprint density at radius 3 is 2.50 bits per heavy atom. The van der Waals surface area contributed by atoms with Crippen molar-refractivity contribution in [2.75, 3.05) is 13.1 Å². The van der Waals surface area contributed by atoms with Gasteiger partial charge in [0, 0.05) is 6.54 Å². The second-order valence-corrected chi connectivity index (χ2v) is 3.49. The molecule has 2 fully saturated rings. The summed E-state index contributed by atoms with van der Waals surface area (Å²) in [5, 5.41) is 12.4. The van der Waals surface area contributed by atoms with Crippen LogP contribution in [0.4, 0.5) is 0 Å². The number of hydrogen-bond donors (Lipinski definition) is 2. The first kappa shape index (κ1) is 8.02. The summed E-state index contributed by atoms with van der Waals surface area (Å²) in [6, 6.07) is 0. The van der Waals surface area contributed by atoms with Crippen LogP contribution in [0, 0.1) is 5.41 Å². The zero-order chi connectivity index (χ0) is 6.32. The van der Waals surface area contributed by atoms with Crippen molar-refractivity contribution in [1.29, 1.82) is 0 Å². The maximum Gasteiger partial charge on any atom is 0.0551 e. The van der Waals surface area contributed by atoms with Crippen LogP contribution in [0.15, 0.2) is 0 Å². The summed E-state index contributed by atoms with van der Waals surface area (Å²) in [5.74, 6) is 0. The molecule has 0 amide bonds. The summed E-state index contributed by atoms with van der Waals surface area (Å²) < 4.78 is 0. The van der Waals surface area contributed by atoms with Crippen molar-refractivity contribution in [2.24, 2.45) is 5.41 Å². The molecule has 10 heavy (non-hydrogen) atoms. The molecule has 2 rings (SSSR count). The molecule has 0 aromatic carbocycles. The van der Waals surface area contributed by atoms with E-state index in [1.54, 1.807) is 0 Å². The SMILES string of the molecule is C.OC1CC2(CCNC2)C1. The molecule has 0 aromatic rings. The third-order valence-electron chi connectivity index (χ3n) is 2.67. The van der Waals surface area contributed by atoms with E-state index in [4.69, 9.17) is 5.11 Å². The molecule has 0 aromatic heterocycles. The molecular weight excluding hydrogens is 126 g/mol. The van der Waals surface area contributed by atoms with Crippen molar-refractivity contribution in [3.63, 3.8) is 0 Å². The molecule has 2 N–H and O–H groups in total. The number of rotatable bonds is 0. The maximum absolute atomic E-state index is 9.05. The Labute approximate surface area is 62.6 Å². The quantitative estimate of drug-likeness (QED) is 0.524. The van der Waals surface area contributed by atoms with Crippen molar-refractivity contribution in [3.8, 4) is 0 Å². The zero-order valence-corrected chi connectivity index (χ0v) is 5.56. The van der Waals surface area contributed by atoms with Crippen molar-refractivity contribution in [1.82, 2.24) is 5.32 Å². The lowest BCUT2D eigenvalue weighted by molar-refractivity contribution is -0.0189. The molecule has 1 saturated carbocycles. The summed E-state index contributed by atoms with van der Waals surface area (Å²) >= 11 is 0. The van der Waals surface area contributed by atoms with Gasteiger partial charge < -0.3 is 10.4 Å². The van der Waals surface area contributed by atoms with Gasteiger partial charge in [-0.3, -0.25) is 0 Å². The van der Waals surface area contributed by atoms with Crippen molar-refractivity contribution in [2.45, 2.75) is 32.8 Å². The predicted octanol–water partition coefficient (Wildman–Crippen LogP) is 0.757. The van der Waals surface area contributed by atoms with Crippen LogP contribution in [0.1, 0.15) is 26.7 Å². The molecule has 2 nitrogen and oxygen atoms in total. The third-order valence-corrected chi connectivity index (χ3v) is 2.67. The Balaban J connectivity index is 0.000000500. The van der Waals surface area contributed by atoms with Crippen LogP contribution in [-0.2, 0) is 0 Å². The van der Waals surface area contributed by atoms with E-state index >= 15 is 0 Å². The third kappa shape index (κ3) is 1.06. The van der Waals surface area contributed by atoms with Crippen molar-refractivity contribution < 1.29 is 5.11 Å². The van der Waals surface area contributed by atoms with Gasteiger partial charge in [0.2, 0.25) is 0 Å². The Kier molecular flexibility index (Phi) is 2.02. The second kappa shape index (κ2) is 2.51. The van der Waals surface area contributed by atoms with E-state index in [1.807, 2.05) is 0 Å². The lowest BCUT2D eigenvalue weighted by atomic mass is 9.66. The van der Waals surface area contributed by atoms with Crippen LogP contribution < -0.4 is 5.32 Å². The minimum absolute atomic E-state index is 0. The fourth-order valence-electron chi connectivity index (χ4n) is 2.08. The Morgan fingerprint density at radius 1 is 1.40 bits per heavy atom. The highest BCUT2D eigenvalue weighted by Gasteiger charge is 2.44. The Hall–Kier alpha value is -0.0800. The average molecular weight is 143 g/mol. The topological polar surface area (TPSA) is 32.3 Å². The number of hydrogen-bond acceptors (Lipinski definition) is 2. The lowest BCUT2D eigenvalue weighted by Gasteiger charge is -2.41. The van der Waals surface area contributed by atoms with Crippen molar-refractivity contribution >= 4 is 0 Å². The molecule has 2 aliphatic rings. The van der Waals surface area contributed by atoms with E-state index in [0.717, 1.165) is 25.9 Å². The molecule has 1 spiro atoms. The highest BCUT2D eigenvalue weighted by molar-refractivity contribution is 4.98. The van der Waals surface area contributed by atoms with Crippen LogP contribution in [0.3, 0.4) is 0 Å². The minimum Gasteiger partial charge on any atom is -0.393 e. The van der Waals surface area contributed by atoms with E-state index in [-0.39, 0.29) is 13.5 Å². The van der Waals surface area contributed by atoms with Gasteiger partial charge in [0.05, 0.1) is 6.10 Å². The average Bonchev–Trinajstić information content (AvgIpc) is 2.12. The fraction of sp³-hybridized carbons (Fsp3) is 1.00. The highest BCUT2D eigenvalue weighted by atomic mass is 16.3. The normalized spacial score (nSPS) is 44.7. The summed E-state index contributed by atoms with van der Waals surface area (Å²) in [7, 11) is 0. The molecule has 60 valence electrons. The lowest BCUT2D eigenvalue weighted by Crippen LogP contribution is -2.42. The van der Waals surface area contributed by atoms with Crippen LogP contribution in [0.2, 0.25) is 0 Å². The van der Waals surface area contributed by atoms with E-state index in [9.17, 15) is 0 Å². The summed E-state index contributed by atoms with van der Waals surface area (Å²) in [6.45, 7) is 2.30. The molecule has 0 atom stereocenters. The van der Waals surface area contributed by atoms with E-state index < -0.39 is 0 Å². The standard InChI is InChI=1S/C7H13NO.CH4/c9-6-3-7(4-6)1-2-8-5-7;/h6,8-9H,1-5H2;1H4. The van der Waals surface area contributed by atoms with Gasteiger partial charge in [-0.25, -0.2) is 0 Å². The molecule has 2 heteroatoms. The molecule has 1 aliphatic heterocycles. The molecule has 0 radical (unpaired) electrons. The van der Waals surface area contributed by atoms with Gasteiger partial charge in [-0.1, -0.05) is 7.43 Å². The molecule has 1 heterocycles. The summed E-state index contributed by atoms with van der Waals surface area (Å²) in [6.07, 6.45) is 3.38. The second-order valence-electron chi connectivity index (χ2n) is 3.49. The largest absolute Gasteiger partial charge is 0.393 e. The van der Waals surface area contributed by atoms with Crippen LogP contribution in [0.25, 0.3) is 0 Å². The molecule has 0 unspecified atom stereocenters. The maximum atomic E-state index is 9.05. The fourth-order valence-corrected chi connectivity index (χ4v) is 2.08. The summed E-state index contributed by atoms with van der Waals surface area (Å²) in [4.78, 5) is 0. The van der Waals surface area contributed by atoms with E-state index in [2.05, 4.69) is 5.32 Å². The molecule has 1 saturated heterocycles. The zero-order valence-electron chi connectivity index (χ0n) is 5.56. The van der Waals surface area contributed by atoms with E-state index in [0.29, 0.717) is 5.41 Å². The smallest absolute Gasteiger partial charge is 0.0551 e. The Bertz CT molecular complexity index is 110. The summed E-state index contributed by atoms with van der Waals surface area (Å²) in [5.41, 5.74) is 0.527. The van der Waals surface area contributed by atoms with Crippen molar-refractivity contribution in [3.05, 3.63) is 0 Å². The first-order valence-corrected chi connectivity index (χ1v) is 3.70. The van der Waals surface area contributed by atoms with Gasteiger partial charge in [-0.05, 0) is 31.2 Å². The van der Waals surface area contributed by atoms with Gasteiger partial charge in [0.25, 0.3) is 0 Å². The predicted molar refractivity (Wildman–Crippen MR) is 41.9 cm³/mol. The van der Waals surface area contributed by atoms with Crippen LogP contribution >= 0.6 is 0 Å². The molecule has 0 bridgehead atoms. The number of nitrogens with one attached hydrogen (secondary N) is 1. The molecular formula is C8H17NO. The number of aliphatic hydroxyl groups is 1. The van der Waals surface area contributed by atoms with Crippen LogP contribution in [0.5, 0.6) is 0 Å². The van der Waals surface area contributed by atoms with Gasteiger partial charge in [-0.15, -0.1) is 0 Å². The molecule has 1 aliphatic carbocycles. The van der Waals surface area contributed by atoms with Gasteiger partial charge in [0.1, 0.15) is 0 Å². The van der Waals surface area contributed by atoms with Gasteiger partial charge >= 0.3 is 0 Å².